The number of hydrogen-bond acceptors (Lipinski definition) is 5. The third-order valence-electron chi connectivity index (χ3n) is 5.81. The molecule has 0 aliphatic carbocycles. The van der Waals surface area contributed by atoms with Crippen LogP contribution in [0.2, 0.25) is 0 Å². The fourth-order valence-electron chi connectivity index (χ4n) is 3.92. The zero-order valence-electron chi connectivity index (χ0n) is 18.2. The summed E-state index contributed by atoms with van der Waals surface area (Å²) in [6.45, 7) is 7.05. The van der Waals surface area contributed by atoms with Crippen LogP contribution in [0.25, 0.3) is 0 Å². The molecule has 2 rings (SSSR count). The highest BCUT2D eigenvalue weighted by molar-refractivity contribution is 5.89. The average Bonchev–Trinajstić information content (AvgIpc) is 2.89. The molecule has 1 aromatic rings. The van der Waals surface area contributed by atoms with E-state index in [1.165, 1.54) is 20.3 Å². The molecule has 30 heavy (non-hydrogen) atoms. The average molecular weight is 420 g/mol. The maximum absolute atomic E-state index is 12.3. The van der Waals surface area contributed by atoms with Crippen molar-refractivity contribution in [3.05, 3.63) is 29.8 Å². The van der Waals surface area contributed by atoms with Gasteiger partial charge in [-0.05, 0) is 64.4 Å². The molecule has 8 nitrogen and oxygen atoms in total. The molecule has 1 fully saturated rings. The standard InChI is InChI=1S/C22H33N3O5/c1-5-22(11-6-7-12-25(4)14-22)17-9-8-10-18(13-17)30-21(29)24-15(2)19(26)23-16(3)20(27)28/h8-10,13,15-16H,5-7,11-12,14H2,1-4H3,(H,23,26)(H,24,29)(H,27,28)/t15-,16+,22?/m1/s1. The molecule has 3 atom stereocenters. The highest BCUT2D eigenvalue weighted by Gasteiger charge is 2.33. The van der Waals surface area contributed by atoms with E-state index in [9.17, 15) is 14.4 Å². The summed E-state index contributed by atoms with van der Waals surface area (Å²) in [6, 6.07) is 5.60. The van der Waals surface area contributed by atoms with Crippen LogP contribution < -0.4 is 15.4 Å². The van der Waals surface area contributed by atoms with Crippen molar-refractivity contribution in [1.82, 2.24) is 15.5 Å². The summed E-state index contributed by atoms with van der Waals surface area (Å²) in [6.07, 6.45) is 3.65. The lowest BCUT2D eigenvalue weighted by atomic mass is 9.74. The second-order valence-electron chi connectivity index (χ2n) is 8.18. The van der Waals surface area contributed by atoms with E-state index in [-0.39, 0.29) is 5.41 Å². The fourth-order valence-corrected chi connectivity index (χ4v) is 3.92. The fraction of sp³-hybridized carbons (Fsp3) is 0.591. The number of carbonyl (C=O) groups excluding carboxylic acids is 2. The summed E-state index contributed by atoms with van der Waals surface area (Å²) >= 11 is 0. The minimum absolute atomic E-state index is 0.0151. The van der Waals surface area contributed by atoms with Gasteiger partial charge in [0.2, 0.25) is 5.91 Å². The maximum atomic E-state index is 12.3. The Morgan fingerprint density at radius 1 is 1.20 bits per heavy atom. The van der Waals surface area contributed by atoms with Crippen molar-refractivity contribution in [2.24, 2.45) is 0 Å². The van der Waals surface area contributed by atoms with Gasteiger partial charge in [-0.15, -0.1) is 0 Å². The number of nitrogens with zero attached hydrogens (tertiary/aromatic N) is 1. The number of nitrogens with one attached hydrogen (secondary N) is 2. The Balaban J connectivity index is 2.04. The molecule has 1 aromatic carbocycles. The second-order valence-corrected chi connectivity index (χ2v) is 8.18. The van der Waals surface area contributed by atoms with Crippen molar-refractivity contribution in [1.29, 1.82) is 0 Å². The second kappa shape index (κ2) is 10.4. The van der Waals surface area contributed by atoms with Crippen LogP contribution in [-0.4, -0.2) is 60.2 Å². The summed E-state index contributed by atoms with van der Waals surface area (Å²) in [5.41, 5.74) is 1.16. The van der Waals surface area contributed by atoms with Crippen LogP contribution in [0.15, 0.2) is 24.3 Å². The molecular weight excluding hydrogens is 386 g/mol. The van der Waals surface area contributed by atoms with Gasteiger partial charge in [0.15, 0.2) is 0 Å². The van der Waals surface area contributed by atoms with Gasteiger partial charge in [0.1, 0.15) is 17.8 Å². The first-order valence-electron chi connectivity index (χ1n) is 10.5. The SMILES string of the molecule is CCC1(c2cccc(OC(=O)N[C@H](C)C(=O)N[C@@H](C)C(=O)O)c2)CCCCN(C)C1. The van der Waals surface area contributed by atoms with Gasteiger partial charge < -0.3 is 25.4 Å². The molecule has 1 heterocycles. The van der Waals surface area contributed by atoms with E-state index in [4.69, 9.17) is 9.84 Å². The molecule has 0 saturated carbocycles. The number of carbonyl (C=O) groups is 3. The monoisotopic (exact) mass is 419 g/mol. The topological polar surface area (TPSA) is 108 Å². The summed E-state index contributed by atoms with van der Waals surface area (Å²) < 4.78 is 5.41. The number of rotatable bonds is 7. The van der Waals surface area contributed by atoms with Gasteiger partial charge >= 0.3 is 12.1 Å². The Bertz CT molecular complexity index is 769. The number of benzene rings is 1. The number of likely N-dealkylation sites (tertiary alicyclic amines) is 1. The highest BCUT2D eigenvalue weighted by atomic mass is 16.6. The Labute approximate surface area is 178 Å². The van der Waals surface area contributed by atoms with Crippen LogP contribution >= 0.6 is 0 Å². The highest BCUT2D eigenvalue weighted by Crippen LogP contribution is 2.37. The zero-order valence-corrected chi connectivity index (χ0v) is 18.2. The first kappa shape index (κ1) is 23.7. The predicted octanol–water partition coefficient (Wildman–Crippen LogP) is 2.52. The molecule has 0 spiro atoms. The van der Waals surface area contributed by atoms with Crippen molar-refractivity contribution >= 4 is 18.0 Å². The molecule has 166 valence electrons. The van der Waals surface area contributed by atoms with E-state index in [0.29, 0.717) is 5.75 Å². The van der Waals surface area contributed by atoms with E-state index in [1.807, 2.05) is 12.1 Å². The number of aliphatic carboxylic acids is 1. The lowest BCUT2D eigenvalue weighted by Gasteiger charge is -2.35. The third kappa shape index (κ3) is 6.19. The van der Waals surface area contributed by atoms with E-state index in [1.54, 1.807) is 6.07 Å². The predicted molar refractivity (Wildman–Crippen MR) is 114 cm³/mol. The first-order valence-corrected chi connectivity index (χ1v) is 10.5. The van der Waals surface area contributed by atoms with Gasteiger partial charge in [0.05, 0.1) is 0 Å². The van der Waals surface area contributed by atoms with Crippen LogP contribution in [0, 0.1) is 0 Å². The van der Waals surface area contributed by atoms with E-state index in [0.717, 1.165) is 37.9 Å². The van der Waals surface area contributed by atoms with Crippen molar-refractivity contribution in [2.45, 2.75) is 64.0 Å². The van der Waals surface area contributed by atoms with Crippen LogP contribution in [-0.2, 0) is 15.0 Å². The zero-order chi connectivity index (χ0) is 22.3. The molecule has 1 aliphatic heterocycles. The van der Waals surface area contributed by atoms with Gasteiger partial charge in [-0.25, -0.2) is 4.79 Å². The van der Waals surface area contributed by atoms with Crippen LogP contribution in [0.1, 0.15) is 52.0 Å². The Kier molecular flexibility index (Phi) is 8.23. The lowest BCUT2D eigenvalue weighted by Crippen LogP contribution is -2.49. The van der Waals surface area contributed by atoms with E-state index in [2.05, 4.69) is 35.6 Å². The van der Waals surface area contributed by atoms with Crippen molar-refractivity contribution < 1.29 is 24.2 Å². The number of carboxylic acid groups (broad SMARTS) is 1. The molecule has 1 aliphatic rings. The molecule has 0 radical (unpaired) electrons. The normalized spacial score (nSPS) is 21.7. The molecule has 1 saturated heterocycles. The van der Waals surface area contributed by atoms with Crippen LogP contribution in [0.5, 0.6) is 5.75 Å². The molecule has 1 unspecified atom stereocenters. The Morgan fingerprint density at radius 2 is 1.93 bits per heavy atom. The van der Waals surface area contributed by atoms with E-state index >= 15 is 0 Å². The smallest absolute Gasteiger partial charge is 0.413 e. The third-order valence-corrected chi connectivity index (χ3v) is 5.81. The van der Waals surface area contributed by atoms with Crippen molar-refractivity contribution in [3.63, 3.8) is 0 Å². The number of hydrogen-bond donors (Lipinski definition) is 3. The lowest BCUT2D eigenvalue weighted by molar-refractivity contribution is -0.141. The quantitative estimate of drug-likeness (QED) is 0.627. The van der Waals surface area contributed by atoms with Crippen LogP contribution in [0.3, 0.4) is 0 Å². The first-order chi connectivity index (χ1) is 14.2. The molecular formula is C22H33N3O5. The van der Waals surface area contributed by atoms with E-state index < -0.39 is 30.1 Å². The summed E-state index contributed by atoms with van der Waals surface area (Å²) in [7, 11) is 2.14. The van der Waals surface area contributed by atoms with Gasteiger partial charge in [0.25, 0.3) is 0 Å². The summed E-state index contributed by atoms with van der Waals surface area (Å²) in [4.78, 5) is 37.5. The Hall–Kier alpha value is -2.61. The Morgan fingerprint density at radius 3 is 2.60 bits per heavy atom. The molecule has 3 N–H and O–H groups in total. The molecule has 0 aromatic heterocycles. The van der Waals surface area contributed by atoms with Gasteiger partial charge in [0, 0.05) is 12.0 Å². The molecule has 0 bridgehead atoms. The molecule has 8 heteroatoms. The van der Waals surface area contributed by atoms with Crippen LogP contribution in [0.4, 0.5) is 4.79 Å². The number of amides is 2. The maximum Gasteiger partial charge on any atom is 0.413 e. The summed E-state index contributed by atoms with van der Waals surface area (Å²) in [5, 5.41) is 13.6. The number of ether oxygens (including phenoxy) is 1. The van der Waals surface area contributed by atoms with Gasteiger partial charge in [-0.1, -0.05) is 25.5 Å². The number of carboxylic acids is 1. The minimum Gasteiger partial charge on any atom is -0.480 e. The van der Waals surface area contributed by atoms with Gasteiger partial charge in [-0.2, -0.15) is 0 Å². The molecule has 2 amide bonds. The largest absolute Gasteiger partial charge is 0.480 e. The van der Waals surface area contributed by atoms with Gasteiger partial charge in [-0.3, -0.25) is 9.59 Å². The summed E-state index contributed by atoms with van der Waals surface area (Å²) in [5.74, 6) is -1.33. The minimum atomic E-state index is -1.15. The number of likely N-dealkylation sites (N-methyl/N-ethyl adjacent to an activating group) is 1. The van der Waals surface area contributed by atoms with Crippen molar-refractivity contribution in [2.75, 3.05) is 20.1 Å². The van der Waals surface area contributed by atoms with Crippen molar-refractivity contribution in [3.8, 4) is 5.75 Å².